The number of ketones is 1. The Morgan fingerprint density at radius 3 is 2.00 bits per heavy atom. The van der Waals surface area contributed by atoms with E-state index < -0.39 is 17.7 Å². The van der Waals surface area contributed by atoms with Gasteiger partial charge in [-0.3, -0.25) is 9.59 Å². The topological polar surface area (TPSA) is 108 Å². The van der Waals surface area contributed by atoms with Crippen molar-refractivity contribution < 1.29 is 28.5 Å². The van der Waals surface area contributed by atoms with Crippen molar-refractivity contribution in [3.63, 3.8) is 0 Å². The lowest BCUT2D eigenvalue weighted by Crippen LogP contribution is -2.32. The molecule has 0 saturated heterocycles. The third kappa shape index (κ3) is 5.56. The number of nitrogens with zero attached hydrogens (tertiary/aromatic N) is 2. The standard InChI is InChI=1S/C20H21Cl2N3O6/c1-10(26)17(25-24-12-6-7-13(28-2)16(22)19(12)31-5)20(27)23-18-14(29-3)8-11(21)9-15(18)30-4/h6-9,17H,1-5H3,(H,23,27). The molecule has 0 aliphatic carbocycles. The Labute approximate surface area is 189 Å². The van der Waals surface area contributed by atoms with Crippen LogP contribution in [0.4, 0.5) is 11.4 Å². The zero-order valence-corrected chi connectivity index (χ0v) is 19.0. The number of carbonyl (C=O) groups is 2. The zero-order valence-electron chi connectivity index (χ0n) is 17.5. The molecule has 1 atom stereocenters. The Balaban J connectivity index is 2.37. The molecule has 31 heavy (non-hydrogen) atoms. The van der Waals surface area contributed by atoms with E-state index in [1.54, 1.807) is 6.07 Å². The molecule has 11 heteroatoms. The van der Waals surface area contributed by atoms with Crippen molar-refractivity contribution in [1.82, 2.24) is 0 Å². The molecule has 1 amide bonds. The number of hydrogen-bond acceptors (Lipinski definition) is 8. The number of Topliss-reactive ketones (excluding diaryl/α,β-unsaturated/α-hetero) is 1. The van der Waals surface area contributed by atoms with Crippen molar-refractivity contribution in [2.75, 3.05) is 33.8 Å². The van der Waals surface area contributed by atoms with Crippen LogP contribution < -0.4 is 24.3 Å². The molecule has 9 nitrogen and oxygen atoms in total. The van der Waals surface area contributed by atoms with Gasteiger partial charge in [-0.15, -0.1) is 0 Å². The number of nitrogens with one attached hydrogen (secondary N) is 1. The van der Waals surface area contributed by atoms with E-state index in [0.29, 0.717) is 10.8 Å². The smallest absolute Gasteiger partial charge is 0.259 e. The van der Waals surface area contributed by atoms with Crippen LogP contribution in [0, 0.1) is 0 Å². The summed E-state index contributed by atoms with van der Waals surface area (Å²) in [6.45, 7) is 1.22. The van der Waals surface area contributed by atoms with Gasteiger partial charge in [0.2, 0.25) is 6.04 Å². The molecule has 0 spiro atoms. The van der Waals surface area contributed by atoms with Crippen LogP contribution in [-0.2, 0) is 9.59 Å². The SMILES string of the molecule is COc1ccc(N=NC(C(C)=O)C(=O)Nc2c(OC)cc(Cl)cc2OC)c(OC)c1Cl. The first kappa shape index (κ1) is 24.2. The molecular formula is C20H21Cl2N3O6. The van der Waals surface area contributed by atoms with Crippen molar-refractivity contribution in [2.24, 2.45) is 10.2 Å². The maximum atomic E-state index is 12.8. The highest BCUT2D eigenvalue weighted by Crippen LogP contribution is 2.42. The molecule has 1 unspecified atom stereocenters. The lowest BCUT2D eigenvalue weighted by Gasteiger charge is -2.16. The summed E-state index contributed by atoms with van der Waals surface area (Å²) < 4.78 is 20.9. The summed E-state index contributed by atoms with van der Waals surface area (Å²) in [5, 5.41) is 11.0. The normalized spacial score (nSPS) is 11.7. The van der Waals surface area contributed by atoms with Crippen LogP contribution in [0.25, 0.3) is 0 Å². The molecule has 2 rings (SSSR count). The fraction of sp³-hybridized carbons (Fsp3) is 0.300. The molecule has 2 aromatic rings. The van der Waals surface area contributed by atoms with Crippen LogP contribution in [-0.4, -0.2) is 46.2 Å². The van der Waals surface area contributed by atoms with Crippen LogP contribution in [0.5, 0.6) is 23.0 Å². The Morgan fingerprint density at radius 2 is 1.52 bits per heavy atom. The molecule has 1 N–H and O–H groups in total. The predicted octanol–water partition coefficient (Wildman–Crippen LogP) is 4.71. The number of amides is 1. The van der Waals surface area contributed by atoms with E-state index >= 15 is 0 Å². The van der Waals surface area contributed by atoms with E-state index in [1.807, 2.05) is 0 Å². The van der Waals surface area contributed by atoms with Gasteiger partial charge in [-0.2, -0.15) is 10.2 Å². The van der Waals surface area contributed by atoms with Gasteiger partial charge >= 0.3 is 0 Å². The molecule has 0 fully saturated rings. The van der Waals surface area contributed by atoms with Crippen LogP contribution >= 0.6 is 23.2 Å². The number of ether oxygens (including phenoxy) is 4. The third-order valence-electron chi connectivity index (χ3n) is 4.10. The van der Waals surface area contributed by atoms with E-state index in [0.717, 1.165) is 0 Å². The van der Waals surface area contributed by atoms with Gasteiger partial charge in [0, 0.05) is 17.2 Å². The Hall–Kier alpha value is -3.04. The Morgan fingerprint density at radius 1 is 0.935 bits per heavy atom. The van der Waals surface area contributed by atoms with Crippen molar-refractivity contribution >= 4 is 46.3 Å². The number of halogens is 2. The first-order valence-electron chi connectivity index (χ1n) is 8.81. The first-order chi connectivity index (χ1) is 14.8. The van der Waals surface area contributed by atoms with Crippen LogP contribution in [0.2, 0.25) is 10.0 Å². The van der Waals surface area contributed by atoms with E-state index in [2.05, 4.69) is 15.5 Å². The van der Waals surface area contributed by atoms with E-state index in [9.17, 15) is 9.59 Å². The lowest BCUT2D eigenvalue weighted by molar-refractivity contribution is -0.126. The number of carbonyl (C=O) groups excluding carboxylic acids is 2. The first-order valence-corrected chi connectivity index (χ1v) is 9.57. The van der Waals surface area contributed by atoms with E-state index in [4.69, 9.17) is 42.1 Å². The molecule has 0 saturated carbocycles. The van der Waals surface area contributed by atoms with Crippen molar-refractivity contribution in [3.8, 4) is 23.0 Å². The van der Waals surface area contributed by atoms with Crippen LogP contribution in [0.3, 0.4) is 0 Å². The van der Waals surface area contributed by atoms with Gasteiger partial charge in [0.25, 0.3) is 5.91 Å². The van der Waals surface area contributed by atoms with Gasteiger partial charge in [-0.25, -0.2) is 0 Å². The Bertz CT molecular complexity index is 988. The molecule has 0 aliphatic heterocycles. The summed E-state index contributed by atoms with van der Waals surface area (Å²) in [4.78, 5) is 24.9. The van der Waals surface area contributed by atoms with Crippen molar-refractivity contribution in [2.45, 2.75) is 13.0 Å². The highest BCUT2D eigenvalue weighted by atomic mass is 35.5. The second kappa shape index (κ2) is 10.8. The number of anilines is 1. The molecule has 0 radical (unpaired) electrons. The molecule has 0 aromatic heterocycles. The number of azo groups is 1. The minimum absolute atomic E-state index is 0.181. The van der Waals surface area contributed by atoms with Crippen molar-refractivity contribution in [1.29, 1.82) is 0 Å². The van der Waals surface area contributed by atoms with E-state index in [-0.39, 0.29) is 33.6 Å². The maximum absolute atomic E-state index is 12.8. The van der Waals surface area contributed by atoms with E-state index in [1.165, 1.54) is 53.6 Å². The number of rotatable bonds is 9. The molecule has 0 aliphatic rings. The molecule has 2 aromatic carbocycles. The predicted molar refractivity (Wildman–Crippen MR) is 117 cm³/mol. The van der Waals surface area contributed by atoms with Gasteiger partial charge in [-0.1, -0.05) is 23.2 Å². The van der Waals surface area contributed by atoms with Crippen LogP contribution in [0.1, 0.15) is 6.92 Å². The molecule has 0 heterocycles. The number of hydrogen-bond donors (Lipinski definition) is 1. The second-order valence-corrected chi connectivity index (χ2v) is 6.85. The van der Waals surface area contributed by atoms with Gasteiger partial charge in [-0.05, 0) is 19.1 Å². The average molecular weight is 470 g/mol. The number of methoxy groups -OCH3 is 4. The highest BCUT2D eigenvalue weighted by Gasteiger charge is 2.26. The average Bonchev–Trinajstić information content (AvgIpc) is 2.74. The van der Waals surface area contributed by atoms with Crippen LogP contribution in [0.15, 0.2) is 34.5 Å². The summed E-state index contributed by atoms with van der Waals surface area (Å²) in [5.74, 6) is -0.213. The minimum atomic E-state index is -1.45. The van der Waals surface area contributed by atoms with Gasteiger partial charge in [0.1, 0.15) is 33.6 Å². The third-order valence-corrected chi connectivity index (χ3v) is 4.67. The largest absolute Gasteiger partial charge is 0.495 e. The Kier molecular flexibility index (Phi) is 8.47. The number of benzene rings is 2. The molecular weight excluding hydrogens is 449 g/mol. The summed E-state index contributed by atoms with van der Waals surface area (Å²) in [7, 11) is 5.66. The quantitative estimate of drug-likeness (QED) is 0.420. The summed E-state index contributed by atoms with van der Waals surface area (Å²) in [6, 6.07) is 4.64. The highest BCUT2D eigenvalue weighted by molar-refractivity contribution is 6.34. The zero-order chi connectivity index (χ0) is 23.1. The van der Waals surface area contributed by atoms with Gasteiger partial charge in [0.15, 0.2) is 11.5 Å². The lowest BCUT2D eigenvalue weighted by atomic mass is 10.2. The maximum Gasteiger partial charge on any atom is 0.259 e. The summed E-state index contributed by atoms with van der Waals surface area (Å²) >= 11 is 12.2. The van der Waals surface area contributed by atoms with Crippen molar-refractivity contribution in [3.05, 3.63) is 34.3 Å². The summed E-state index contributed by atoms with van der Waals surface area (Å²) in [6.07, 6.45) is 0. The van der Waals surface area contributed by atoms with Gasteiger partial charge < -0.3 is 24.3 Å². The molecule has 166 valence electrons. The summed E-state index contributed by atoms with van der Waals surface area (Å²) in [5.41, 5.74) is 0.417. The van der Waals surface area contributed by atoms with Gasteiger partial charge in [0.05, 0.1) is 28.4 Å². The second-order valence-electron chi connectivity index (χ2n) is 6.04. The monoisotopic (exact) mass is 469 g/mol. The molecule has 0 bridgehead atoms. The fourth-order valence-electron chi connectivity index (χ4n) is 2.59. The fourth-order valence-corrected chi connectivity index (χ4v) is 3.10. The minimum Gasteiger partial charge on any atom is -0.495 e.